The standard InChI is InChI=1S/C21H20N2OS/c1-15-7-2-3-8-16(15)12-13-20(24)23-14-6-10-18(23)21-22-17-9-4-5-11-19(17)25-21/h2-5,7-9,11-13,18H,6,10,14H2,1H3/b13-12+. The van der Waals surface area contributed by atoms with Crippen molar-refractivity contribution in [1.29, 1.82) is 0 Å². The van der Waals surface area contributed by atoms with Gasteiger partial charge in [-0.3, -0.25) is 4.79 Å². The van der Waals surface area contributed by atoms with Crippen molar-refractivity contribution in [3.05, 3.63) is 70.7 Å². The second-order valence-corrected chi connectivity index (χ2v) is 7.46. The molecule has 1 saturated heterocycles. The Hall–Kier alpha value is -2.46. The van der Waals surface area contributed by atoms with Gasteiger partial charge in [-0.05, 0) is 49.1 Å². The van der Waals surface area contributed by atoms with Gasteiger partial charge in [0.15, 0.2) is 0 Å². The Morgan fingerprint density at radius 1 is 1.20 bits per heavy atom. The topological polar surface area (TPSA) is 33.2 Å². The predicted octanol–water partition coefficient (Wildman–Crippen LogP) is 4.98. The Labute approximate surface area is 151 Å². The van der Waals surface area contributed by atoms with Crippen LogP contribution in [0, 0.1) is 6.92 Å². The van der Waals surface area contributed by atoms with Crippen molar-refractivity contribution in [2.45, 2.75) is 25.8 Å². The number of hydrogen-bond donors (Lipinski definition) is 0. The van der Waals surface area contributed by atoms with E-state index in [1.54, 1.807) is 17.4 Å². The second-order valence-electron chi connectivity index (χ2n) is 6.40. The van der Waals surface area contributed by atoms with Gasteiger partial charge < -0.3 is 4.90 Å². The molecule has 0 aliphatic carbocycles. The van der Waals surface area contributed by atoms with Gasteiger partial charge >= 0.3 is 0 Å². The molecule has 0 radical (unpaired) electrons. The van der Waals surface area contributed by atoms with Crippen molar-refractivity contribution in [2.75, 3.05) is 6.54 Å². The van der Waals surface area contributed by atoms with Gasteiger partial charge in [0.05, 0.1) is 16.3 Å². The highest BCUT2D eigenvalue weighted by molar-refractivity contribution is 7.18. The first-order valence-corrected chi connectivity index (χ1v) is 9.44. The molecule has 1 atom stereocenters. The van der Waals surface area contributed by atoms with Crippen LogP contribution in [-0.2, 0) is 4.79 Å². The van der Waals surface area contributed by atoms with Crippen molar-refractivity contribution in [1.82, 2.24) is 9.88 Å². The van der Waals surface area contributed by atoms with E-state index < -0.39 is 0 Å². The summed E-state index contributed by atoms with van der Waals surface area (Å²) in [6.07, 6.45) is 5.65. The molecule has 1 aliphatic rings. The van der Waals surface area contributed by atoms with Crippen LogP contribution in [0.1, 0.15) is 35.0 Å². The van der Waals surface area contributed by atoms with Crippen molar-refractivity contribution in [3.8, 4) is 0 Å². The summed E-state index contributed by atoms with van der Waals surface area (Å²) in [6, 6.07) is 16.4. The number of carbonyl (C=O) groups is 1. The van der Waals surface area contributed by atoms with Crippen LogP contribution < -0.4 is 0 Å². The molecule has 1 fully saturated rings. The summed E-state index contributed by atoms with van der Waals surface area (Å²) in [6.45, 7) is 2.86. The van der Waals surface area contributed by atoms with Gasteiger partial charge in [-0.1, -0.05) is 36.4 Å². The van der Waals surface area contributed by atoms with E-state index in [-0.39, 0.29) is 11.9 Å². The molecule has 1 unspecified atom stereocenters. The maximum atomic E-state index is 12.7. The van der Waals surface area contributed by atoms with Gasteiger partial charge in [-0.25, -0.2) is 4.98 Å². The minimum absolute atomic E-state index is 0.0741. The molecule has 0 bridgehead atoms. The van der Waals surface area contributed by atoms with Crippen molar-refractivity contribution < 1.29 is 4.79 Å². The number of thiazole rings is 1. The van der Waals surface area contributed by atoms with Crippen LogP contribution in [0.2, 0.25) is 0 Å². The number of benzene rings is 2. The van der Waals surface area contributed by atoms with Crippen LogP contribution in [0.4, 0.5) is 0 Å². The summed E-state index contributed by atoms with van der Waals surface area (Å²) >= 11 is 1.70. The highest BCUT2D eigenvalue weighted by Crippen LogP contribution is 2.36. The summed E-state index contributed by atoms with van der Waals surface area (Å²) in [7, 11) is 0. The highest BCUT2D eigenvalue weighted by atomic mass is 32.1. The van der Waals surface area contributed by atoms with Crippen LogP contribution >= 0.6 is 11.3 Å². The first kappa shape index (κ1) is 16.0. The van der Waals surface area contributed by atoms with Gasteiger partial charge in [-0.15, -0.1) is 11.3 Å². The Morgan fingerprint density at radius 3 is 2.84 bits per heavy atom. The van der Waals surface area contributed by atoms with Gasteiger partial charge in [0.25, 0.3) is 0 Å². The first-order chi connectivity index (χ1) is 12.2. The largest absolute Gasteiger partial charge is 0.330 e. The highest BCUT2D eigenvalue weighted by Gasteiger charge is 2.31. The number of aromatic nitrogens is 1. The molecule has 1 aromatic heterocycles. The third-order valence-corrected chi connectivity index (χ3v) is 5.86. The van der Waals surface area contributed by atoms with E-state index in [0.29, 0.717) is 0 Å². The Kier molecular flexibility index (Phi) is 4.36. The number of para-hydroxylation sites is 1. The molecule has 1 amide bonds. The van der Waals surface area contributed by atoms with Crippen LogP contribution in [0.25, 0.3) is 16.3 Å². The summed E-state index contributed by atoms with van der Waals surface area (Å²) in [5, 5.41) is 1.05. The SMILES string of the molecule is Cc1ccccc1/C=C/C(=O)N1CCCC1c1nc2ccccc2s1. The molecule has 25 heavy (non-hydrogen) atoms. The molecule has 0 saturated carbocycles. The minimum Gasteiger partial charge on any atom is -0.330 e. The molecule has 1 aliphatic heterocycles. The third kappa shape index (κ3) is 3.22. The second kappa shape index (κ2) is 6.81. The van der Waals surface area contributed by atoms with E-state index in [4.69, 9.17) is 4.98 Å². The van der Waals surface area contributed by atoms with Crippen LogP contribution in [0.3, 0.4) is 0 Å². The molecule has 2 heterocycles. The van der Waals surface area contributed by atoms with E-state index in [1.807, 2.05) is 47.4 Å². The molecular formula is C21H20N2OS. The van der Waals surface area contributed by atoms with E-state index in [1.165, 1.54) is 10.3 Å². The van der Waals surface area contributed by atoms with E-state index in [2.05, 4.69) is 19.1 Å². The van der Waals surface area contributed by atoms with E-state index >= 15 is 0 Å². The fourth-order valence-electron chi connectivity index (χ4n) is 3.35. The average molecular weight is 348 g/mol. The summed E-state index contributed by atoms with van der Waals surface area (Å²) < 4.78 is 1.19. The van der Waals surface area contributed by atoms with Crippen molar-refractivity contribution >= 4 is 33.5 Å². The summed E-state index contributed by atoms with van der Waals surface area (Å²) in [5.74, 6) is 0.0741. The monoisotopic (exact) mass is 348 g/mol. The molecule has 2 aromatic carbocycles. The number of hydrogen-bond acceptors (Lipinski definition) is 3. The number of fused-ring (bicyclic) bond motifs is 1. The zero-order valence-electron chi connectivity index (χ0n) is 14.2. The maximum absolute atomic E-state index is 12.7. The molecule has 3 nitrogen and oxygen atoms in total. The Bertz CT molecular complexity index is 911. The zero-order chi connectivity index (χ0) is 17.2. The summed E-state index contributed by atoms with van der Waals surface area (Å²) in [5.41, 5.74) is 3.29. The lowest BCUT2D eigenvalue weighted by Gasteiger charge is -2.21. The zero-order valence-corrected chi connectivity index (χ0v) is 15.0. The third-order valence-electron chi connectivity index (χ3n) is 4.73. The Morgan fingerprint density at radius 2 is 2.00 bits per heavy atom. The summed E-state index contributed by atoms with van der Waals surface area (Å²) in [4.78, 5) is 19.5. The number of amides is 1. The van der Waals surface area contributed by atoms with Gasteiger partial charge in [0.1, 0.15) is 5.01 Å². The number of nitrogens with zero attached hydrogens (tertiary/aromatic N) is 2. The fourth-order valence-corrected chi connectivity index (χ4v) is 4.47. The average Bonchev–Trinajstić information content (AvgIpc) is 3.27. The van der Waals surface area contributed by atoms with E-state index in [0.717, 1.165) is 35.5 Å². The number of aryl methyl sites for hydroxylation is 1. The van der Waals surface area contributed by atoms with Gasteiger partial charge in [0.2, 0.25) is 5.91 Å². The lowest BCUT2D eigenvalue weighted by Crippen LogP contribution is -2.28. The minimum atomic E-state index is 0.0741. The van der Waals surface area contributed by atoms with Crippen LogP contribution in [0.5, 0.6) is 0 Å². The number of carbonyl (C=O) groups excluding carboxylic acids is 1. The molecular weight excluding hydrogens is 328 g/mol. The fraction of sp³-hybridized carbons (Fsp3) is 0.238. The maximum Gasteiger partial charge on any atom is 0.247 e. The van der Waals surface area contributed by atoms with Crippen molar-refractivity contribution in [3.63, 3.8) is 0 Å². The predicted molar refractivity (Wildman–Crippen MR) is 104 cm³/mol. The normalized spacial score (nSPS) is 17.6. The smallest absolute Gasteiger partial charge is 0.247 e. The quantitative estimate of drug-likeness (QED) is 0.625. The van der Waals surface area contributed by atoms with E-state index in [9.17, 15) is 4.79 Å². The number of likely N-dealkylation sites (tertiary alicyclic amines) is 1. The molecule has 0 N–H and O–H groups in total. The van der Waals surface area contributed by atoms with Gasteiger partial charge in [-0.2, -0.15) is 0 Å². The van der Waals surface area contributed by atoms with Crippen LogP contribution in [-0.4, -0.2) is 22.3 Å². The lowest BCUT2D eigenvalue weighted by molar-refractivity contribution is -0.126. The molecule has 0 spiro atoms. The molecule has 126 valence electrons. The molecule has 3 aromatic rings. The molecule has 4 heteroatoms. The molecule has 4 rings (SSSR count). The first-order valence-electron chi connectivity index (χ1n) is 8.62. The number of rotatable bonds is 3. The van der Waals surface area contributed by atoms with Crippen molar-refractivity contribution in [2.24, 2.45) is 0 Å². The Balaban J connectivity index is 1.56. The lowest BCUT2D eigenvalue weighted by atomic mass is 10.1. The van der Waals surface area contributed by atoms with Gasteiger partial charge in [0, 0.05) is 12.6 Å². The van der Waals surface area contributed by atoms with Crippen LogP contribution in [0.15, 0.2) is 54.6 Å².